The lowest BCUT2D eigenvalue weighted by molar-refractivity contribution is -0.117. The Morgan fingerprint density at radius 3 is 2.84 bits per heavy atom. The molecular weight excluding hydrogens is 425 g/mol. The van der Waals surface area contributed by atoms with Crippen molar-refractivity contribution < 1.29 is 13.9 Å². The van der Waals surface area contributed by atoms with E-state index in [9.17, 15) is 14.0 Å². The molecule has 0 bridgehead atoms. The van der Waals surface area contributed by atoms with Crippen molar-refractivity contribution in [1.82, 2.24) is 19.2 Å². The van der Waals surface area contributed by atoms with E-state index in [2.05, 4.69) is 15.4 Å². The van der Waals surface area contributed by atoms with Gasteiger partial charge in [-0.05, 0) is 49.2 Å². The van der Waals surface area contributed by atoms with Crippen molar-refractivity contribution in [3.05, 3.63) is 81.2 Å². The lowest BCUT2D eigenvalue weighted by Crippen LogP contribution is -2.28. The van der Waals surface area contributed by atoms with Gasteiger partial charge < -0.3 is 10.1 Å². The number of carbonyl (C=O) groups excluding carboxylic acids is 1. The second-order valence-electron chi connectivity index (χ2n) is 6.84. The van der Waals surface area contributed by atoms with E-state index >= 15 is 0 Å². The summed E-state index contributed by atoms with van der Waals surface area (Å²) < 4.78 is 21.4. The highest BCUT2D eigenvalue weighted by Crippen LogP contribution is 2.27. The van der Waals surface area contributed by atoms with Gasteiger partial charge in [-0.3, -0.25) is 4.79 Å². The maximum absolute atomic E-state index is 13.3. The predicted octanol–water partition coefficient (Wildman–Crippen LogP) is 3.73. The molecule has 0 atom stereocenters. The molecule has 8 nitrogen and oxygen atoms in total. The molecule has 158 valence electrons. The van der Waals surface area contributed by atoms with E-state index in [1.807, 2.05) is 26.0 Å². The summed E-state index contributed by atoms with van der Waals surface area (Å²) in [6, 6.07) is 9.39. The highest BCUT2D eigenvalue weighted by atomic mass is 35.5. The quantitative estimate of drug-likeness (QED) is 0.509. The number of hydrogen-bond acceptors (Lipinski definition) is 5. The van der Waals surface area contributed by atoms with Gasteiger partial charge in [0.05, 0.1) is 5.02 Å². The molecule has 2 aromatic heterocycles. The number of aryl methyl sites for hydroxylation is 1. The number of nitrogens with zero attached hydrogens (tertiary/aromatic N) is 4. The van der Waals surface area contributed by atoms with Crippen LogP contribution < -0.4 is 15.7 Å². The van der Waals surface area contributed by atoms with Gasteiger partial charge in [0, 0.05) is 18.1 Å². The first-order valence-corrected chi connectivity index (χ1v) is 9.64. The summed E-state index contributed by atoms with van der Waals surface area (Å²) in [5, 5.41) is 6.64. The molecule has 0 radical (unpaired) electrons. The Balaban J connectivity index is 1.61. The summed E-state index contributed by atoms with van der Waals surface area (Å²) in [4.78, 5) is 29.2. The Labute approximate surface area is 180 Å². The van der Waals surface area contributed by atoms with Gasteiger partial charge >= 0.3 is 5.69 Å². The second-order valence-corrected chi connectivity index (χ2v) is 7.25. The maximum Gasteiger partial charge on any atom is 0.351 e. The van der Waals surface area contributed by atoms with Crippen LogP contribution in [-0.4, -0.2) is 25.1 Å². The number of nitrogens with one attached hydrogen (secondary N) is 1. The van der Waals surface area contributed by atoms with Crippen molar-refractivity contribution in [1.29, 1.82) is 0 Å². The average Bonchev–Trinajstić information content (AvgIpc) is 3.05. The minimum Gasteiger partial charge on any atom is -0.436 e. The lowest BCUT2D eigenvalue weighted by atomic mass is 10.1. The van der Waals surface area contributed by atoms with Crippen LogP contribution in [0.5, 0.6) is 11.6 Å². The molecule has 0 aliphatic heterocycles. The largest absolute Gasteiger partial charge is 0.436 e. The number of aromatic nitrogens is 4. The third-order valence-electron chi connectivity index (χ3n) is 4.73. The van der Waals surface area contributed by atoms with E-state index in [1.54, 1.807) is 6.07 Å². The SMILES string of the molecule is Cc1cccc(Oc2nccn3c(=O)n(CC(=O)Nc4ccc(F)c(Cl)c4)nc23)c1C. The maximum atomic E-state index is 13.3. The molecule has 31 heavy (non-hydrogen) atoms. The summed E-state index contributed by atoms with van der Waals surface area (Å²) in [5.74, 6) is -0.399. The molecule has 0 saturated heterocycles. The summed E-state index contributed by atoms with van der Waals surface area (Å²) in [7, 11) is 0. The number of hydrogen-bond donors (Lipinski definition) is 1. The normalized spacial score (nSPS) is 11.0. The van der Waals surface area contributed by atoms with Gasteiger partial charge in [-0.1, -0.05) is 23.7 Å². The fourth-order valence-electron chi connectivity index (χ4n) is 2.95. The second kappa shape index (κ2) is 8.19. The molecule has 2 aromatic carbocycles. The van der Waals surface area contributed by atoms with E-state index in [4.69, 9.17) is 16.3 Å². The lowest BCUT2D eigenvalue weighted by Gasteiger charge is -2.09. The summed E-state index contributed by atoms with van der Waals surface area (Å²) >= 11 is 5.72. The first-order valence-electron chi connectivity index (χ1n) is 9.26. The molecule has 1 N–H and O–H groups in total. The van der Waals surface area contributed by atoms with Crippen LogP contribution >= 0.6 is 11.6 Å². The van der Waals surface area contributed by atoms with Gasteiger partial charge in [0.15, 0.2) is 0 Å². The van der Waals surface area contributed by atoms with Crippen molar-refractivity contribution in [2.24, 2.45) is 0 Å². The van der Waals surface area contributed by atoms with Gasteiger partial charge in [0.1, 0.15) is 18.1 Å². The zero-order chi connectivity index (χ0) is 22.1. The third kappa shape index (κ3) is 4.13. The summed E-state index contributed by atoms with van der Waals surface area (Å²) in [5.41, 5.74) is 1.92. The molecule has 2 heterocycles. The van der Waals surface area contributed by atoms with Gasteiger partial charge in [-0.15, -0.1) is 5.10 Å². The number of ether oxygens (including phenoxy) is 1. The monoisotopic (exact) mass is 441 g/mol. The molecule has 4 rings (SSSR count). The smallest absolute Gasteiger partial charge is 0.351 e. The standard InChI is InChI=1S/C21H17ClFN5O3/c1-12-4-3-5-17(13(12)2)31-20-19-26-28(21(30)27(19)9-8-24-20)11-18(29)25-14-6-7-16(23)15(22)10-14/h3-10H,11H2,1-2H3,(H,25,29). The van der Waals surface area contributed by atoms with E-state index in [0.717, 1.165) is 21.9 Å². The highest BCUT2D eigenvalue weighted by Gasteiger charge is 2.16. The van der Waals surface area contributed by atoms with E-state index in [0.29, 0.717) is 11.4 Å². The van der Waals surface area contributed by atoms with Crippen LogP contribution in [0.15, 0.2) is 53.6 Å². The third-order valence-corrected chi connectivity index (χ3v) is 5.02. The minimum atomic E-state index is -0.597. The number of benzene rings is 2. The Bertz CT molecular complexity index is 1370. The number of rotatable bonds is 5. The predicted molar refractivity (Wildman–Crippen MR) is 113 cm³/mol. The van der Waals surface area contributed by atoms with Gasteiger partial charge in [-0.25, -0.2) is 23.3 Å². The Morgan fingerprint density at radius 1 is 1.26 bits per heavy atom. The number of amides is 1. The van der Waals surface area contributed by atoms with Crippen LogP contribution in [0.3, 0.4) is 0 Å². The van der Waals surface area contributed by atoms with Gasteiger partial charge in [-0.2, -0.15) is 0 Å². The number of anilines is 1. The Hall–Kier alpha value is -3.72. The van der Waals surface area contributed by atoms with Gasteiger partial charge in [0.25, 0.3) is 5.88 Å². The van der Waals surface area contributed by atoms with Crippen molar-refractivity contribution in [3.63, 3.8) is 0 Å². The molecular formula is C21H17ClFN5O3. The van der Waals surface area contributed by atoms with Crippen molar-refractivity contribution >= 4 is 28.8 Å². The average molecular weight is 442 g/mol. The minimum absolute atomic E-state index is 0.123. The molecule has 1 amide bonds. The summed E-state index contributed by atoms with van der Waals surface area (Å²) in [6.45, 7) is 3.52. The van der Waals surface area contributed by atoms with Crippen LogP contribution in [0.1, 0.15) is 11.1 Å². The molecule has 0 aliphatic rings. The zero-order valence-corrected chi connectivity index (χ0v) is 17.4. The molecule has 0 spiro atoms. The molecule has 0 aliphatic carbocycles. The van der Waals surface area contributed by atoms with Crippen molar-refractivity contribution in [2.45, 2.75) is 20.4 Å². The van der Waals surface area contributed by atoms with Crippen molar-refractivity contribution in [3.8, 4) is 11.6 Å². The van der Waals surface area contributed by atoms with Crippen LogP contribution in [0.4, 0.5) is 10.1 Å². The van der Waals surface area contributed by atoms with Crippen LogP contribution in [-0.2, 0) is 11.3 Å². The number of carbonyl (C=O) groups is 1. The highest BCUT2D eigenvalue weighted by molar-refractivity contribution is 6.31. The number of fused-ring (bicyclic) bond motifs is 1. The Morgan fingerprint density at radius 2 is 2.06 bits per heavy atom. The van der Waals surface area contributed by atoms with E-state index in [1.165, 1.54) is 28.9 Å². The molecule has 0 unspecified atom stereocenters. The fourth-order valence-corrected chi connectivity index (χ4v) is 3.13. The zero-order valence-electron chi connectivity index (χ0n) is 16.6. The van der Waals surface area contributed by atoms with E-state index in [-0.39, 0.29) is 23.1 Å². The first kappa shape index (κ1) is 20.5. The molecule has 0 fully saturated rings. The first-order chi connectivity index (χ1) is 14.8. The fraction of sp³-hybridized carbons (Fsp3) is 0.143. The van der Waals surface area contributed by atoms with Crippen LogP contribution in [0.2, 0.25) is 5.02 Å². The molecule has 10 heteroatoms. The summed E-state index contributed by atoms with van der Waals surface area (Å²) in [6.07, 6.45) is 2.86. The molecule has 0 saturated carbocycles. The van der Waals surface area contributed by atoms with E-state index < -0.39 is 17.4 Å². The topological polar surface area (TPSA) is 90.5 Å². The van der Waals surface area contributed by atoms with Crippen LogP contribution in [0.25, 0.3) is 5.65 Å². The Kier molecular flexibility index (Phi) is 5.43. The van der Waals surface area contributed by atoms with Crippen LogP contribution in [0, 0.1) is 19.7 Å². The van der Waals surface area contributed by atoms with Gasteiger partial charge in [0.2, 0.25) is 11.6 Å². The van der Waals surface area contributed by atoms with Crippen molar-refractivity contribution in [2.75, 3.05) is 5.32 Å². The number of halogens is 2. The molecule has 4 aromatic rings.